The van der Waals surface area contributed by atoms with Crippen molar-refractivity contribution < 1.29 is 9.59 Å². The van der Waals surface area contributed by atoms with E-state index < -0.39 is 0 Å². The molecule has 0 N–H and O–H groups in total. The van der Waals surface area contributed by atoms with Crippen LogP contribution in [0.25, 0.3) is 0 Å². The molecule has 2 rings (SSSR count). The van der Waals surface area contributed by atoms with Crippen molar-refractivity contribution in [3.8, 4) is 0 Å². The first-order valence-corrected chi connectivity index (χ1v) is 5.58. The van der Waals surface area contributed by atoms with Crippen LogP contribution in [0.4, 0.5) is 5.69 Å². The van der Waals surface area contributed by atoms with Crippen LogP contribution in [0.15, 0.2) is 29.3 Å². The Balaban J connectivity index is 2.28. The normalized spacial score (nSPS) is 18.3. The van der Waals surface area contributed by atoms with Crippen LogP contribution in [0, 0.1) is 0 Å². The first-order chi connectivity index (χ1) is 8.13. The van der Waals surface area contributed by atoms with Crippen LogP contribution in [0.5, 0.6) is 0 Å². The van der Waals surface area contributed by atoms with E-state index in [-0.39, 0.29) is 17.9 Å². The van der Waals surface area contributed by atoms with Gasteiger partial charge in [-0.05, 0) is 37.3 Å². The second-order valence-electron chi connectivity index (χ2n) is 3.88. The van der Waals surface area contributed by atoms with E-state index in [1.54, 1.807) is 24.3 Å². The van der Waals surface area contributed by atoms with E-state index in [0.29, 0.717) is 17.7 Å². The highest BCUT2D eigenvalue weighted by Gasteiger charge is 2.37. The maximum Gasteiger partial charge on any atom is 0.260 e. The van der Waals surface area contributed by atoms with Gasteiger partial charge in [-0.25, -0.2) is 0 Å². The van der Waals surface area contributed by atoms with Gasteiger partial charge in [0.15, 0.2) is 0 Å². The van der Waals surface area contributed by atoms with Gasteiger partial charge in [0.1, 0.15) is 0 Å². The number of isothiocyanates is 1. The summed E-state index contributed by atoms with van der Waals surface area (Å²) in [6.45, 7) is 1.85. The minimum absolute atomic E-state index is 0.0207. The van der Waals surface area contributed by atoms with E-state index in [2.05, 4.69) is 22.4 Å². The second-order valence-corrected chi connectivity index (χ2v) is 4.06. The van der Waals surface area contributed by atoms with Gasteiger partial charge in [-0.15, -0.1) is 0 Å². The van der Waals surface area contributed by atoms with Crippen LogP contribution in [-0.2, 0) is 4.79 Å². The smallest absolute Gasteiger partial charge is 0.260 e. The summed E-state index contributed by atoms with van der Waals surface area (Å²) in [6.07, 6.45) is 0.434. The topological polar surface area (TPSA) is 49.7 Å². The lowest BCUT2D eigenvalue weighted by Crippen LogP contribution is -2.54. The number of thiocarbonyl (C=S) groups is 1. The Kier molecular flexibility index (Phi) is 3.13. The van der Waals surface area contributed by atoms with Gasteiger partial charge in [0.2, 0.25) is 5.91 Å². The fraction of sp³-hybridized carbons (Fsp3) is 0.250. The SMILES string of the molecule is CC1CC(=O)N1C(=O)c1cccc(N=C=S)c1. The van der Waals surface area contributed by atoms with Gasteiger partial charge in [0, 0.05) is 18.0 Å². The number of amides is 2. The molecule has 0 saturated carbocycles. The molecule has 1 atom stereocenters. The molecule has 2 amide bonds. The fourth-order valence-electron chi connectivity index (χ4n) is 1.79. The Morgan fingerprint density at radius 2 is 2.35 bits per heavy atom. The molecule has 0 aliphatic carbocycles. The largest absolute Gasteiger partial charge is 0.275 e. The molecule has 0 aromatic heterocycles. The molecule has 1 aliphatic rings. The standard InChI is InChI=1S/C12H10N2O2S/c1-8-5-11(15)14(8)12(16)9-3-2-4-10(6-9)13-7-17/h2-4,6,8H,5H2,1H3. The molecule has 1 heterocycles. The van der Waals surface area contributed by atoms with Gasteiger partial charge >= 0.3 is 0 Å². The van der Waals surface area contributed by atoms with E-state index >= 15 is 0 Å². The van der Waals surface area contributed by atoms with Crippen LogP contribution >= 0.6 is 12.2 Å². The molecule has 1 aromatic carbocycles. The molecule has 0 bridgehead atoms. The number of hydrogen-bond donors (Lipinski definition) is 0. The van der Waals surface area contributed by atoms with Gasteiger partial charge in [0.25, 0.3) is 5.91 Å². The number of hydrogen-bond acceptors (Lipinski definition) is 4. The van der Waals surface area contributed by atoms with E-state index in [4.69, 9.17) is 0 Å². The van der Waals surface area contributed by atoms with Gasteiger partial charge in [-0.3, -0.25) is 14.5 Å². The molecule has 17 heavy (non-hydrogen) atoms. The van der Waals surface area contributed by atoms with Gasteiger partial charge in [-0.1, -0.05) is 6.07 Å². The van der Waals surface area contributed by atoms with Crippen molar-refractivity contribution in [2.75, 3.05) is 0 Å². The van der Waals surface area contributed by atoms with Crippen molar-refractivity contribution >= 4 is 34.9 Å². The van der Waals surface area contributed by atoms with E-state index in [1.165, 1.54) is 4.90 Å². The molecular formula is C12H10N2O2S. The number of benzene rings is 1. The molecule has 1 unspecified atom stereocenters. The molecule has 0 radical (unpaired) electrons. The Bertz CT molecular complexity index is 535. The molecule has 5 heteroatoms. The third-order valence-corrected chi connectivity index (χ3v) is 2.76. The number of carbonyl (C=O) groups excluding carboxylic acids is 2. The summed E-state index contributed by atoms with van der Waals surface area (Å²) in [5.74, 6) is -0.415. The Morgan fingerprint density at radius 3 is 2.94 bits per heavy atom. The van der Waals surface area contributed by atoms with Gasteiger partial charge in [0.05, 0.1) is 10.8 Å². The number of nitrogens with zero attached hydrogens (tertiary/aromatic N) is 2. The van der Waals surface area contributed by atoms with Crippen molar-refractivity contribution in [1.82, 2.24) is 4.90 Å². The Hall–Kier alpha value is -1.84. The highest BCUT2D eigenvalue weighted by atomic mass is 32.1. The third kappa shape index (κ3) is 2.16. The molecule has 86 valence electrons. The zero-order chi connectivity index (χ0) is 12.4. The summed E-state index contributed by atoms with van der Waals surface area (Å²) >= 11 is 4.50. The summed E-state index contributed by atoms with van der Waals surface area (Å²) in [7, 11) is 0. The van der Waals surface area contributed by atoms with Crippen LogP contribution in [-0.4, -0.2) is 27.9 Å². The number of aliphatic imine (C=N–C) groups is 1. The summed E-state index contributed by atoms with van der Waals surface area (Å²) in [4.78, 5) is 28.4. The van der Waals surface area contributed by atoms with Crippen molar-refractivity contribution in [3.63, 3.8) is 0 Å². The fourth-order valence-corrected chi connectivity index (χ4v) is 1.89. The van der Waals surface area contributed by atoms with Crippen LogP contribution in [0.1, 0.15) is 23.7 Å². The zero-order valence-corrected chi connectivity index (χ0v) is 10.0. The van der Waals surface area contributed by atoms with Gasteiger partial charge < -0.3 is 0 Å². The number of β-lactam (4-membered cyclic amide) rings is 1. The first-order valence-electron chi connectivity index (χ1n) is 5.18. The van der Waals surface area contributed by atoms with Crippen LogP contribution < -0.4 is 0 Å². The predicted octanol–water partition coefficient (Wildman–Crippen LogP) is 2.18. The summed E-state index contributed by atoms with van der Waals surface area (Å²) in [5.41, 5.74) is 1.00. The first kappa shape index (κ1) is 11.6. The summed E-state index contributed by atoms with van der Waals surface area (Å²) < 4.78 is 0. The van der Waals surface area contributed by atoms with Crippen molar-refractivity contribution in [2.45, 2.75) is 19.4 Å². The minimum Gasteiger partial charge on any atom is -0.275 e. The summed E-state index contributed by atoms with van der Waals surface area (Å²) in [6, 6.07) is 6.65. The highest BCUT2D eigenvalue weighted by Crippen LogP contribution is 2.23. The maximum atomic E-state index is 12.0. The van der Waals surface area contributed by atoms with E-state index in [9.17, 15) is 9.59 Å². The molecular weight excluding hydrogens is 236 g/mol. The van der Waals surface area contributed by atoms with E-state index in [1.807, 2.05) is 6.92 Å². The number of carbonyl (C=O) groups is 2. The number of imide groups is 1. The lowest BCUT2D eigenvalue weighted by Gasteiger charge is -2.36. The lowest BCUT2D eigenvalue weighted by molar-refractivity contribution is -0.140. The highest BCUT2D eigenvalue weighted by molar-refractivity contribution is 7.78. The second kappa shape index (κ2) is 4.57. The molecule has 1 aromatic rings. The average molecular weight is 246 g/mol. The monoisotopic (exact) mass is 246 g/mol. The van der Waals surface area contributed by atoms with E-state index in [0.717, 1.165) is 0 Å². The van der Waals surface area contributed by atoms with Crippen molar-refractivity contribution in [3.05, 3.63) is 29.8 Å². The maximum absolute atomic E-state index is 12.0. The van der Waals surface area contributed by atoms with Gasteiger partial charge in [-0.2, -0.15) is 4.99 Å². The molecule has 1 aliphatic heterocycles. The minimum atomic E-state index is -0.282. The Morgan fingerprint density at radius 1 is 1.59 bits per heavy atom. The van der Waals surface area contributed by atoms with Crippen molar-refractivity contribution in [1.29, 1.82) is 0 Å². The number of likely N-dealkylation sites (tertiary alicyclic amines) is 1. The quantitative estimate of drug-likeness (QED) is 0.348. The van der Waals surface area contributed by atoms with Crippen LogP contribution in [0.2, 0.25) is 0 Å². The zero-order valence-electron chi connectivity index (χ0n) is 9.21. The molecule has 1 fully saturated rings. The molecule has 1 saturated heterocycles. The predicted molar refractivity (Wildman–Crippen MR) is 66.4 cm³/mol. The third-order valence-electron chi connectivity index (χ3n) is 2.67. The Labute approximate surface area is 104 Å². The molecule has 4 nitrogen and oxygen atoms in total. The average Bonchev–Trinajstić information content (AvgIpc) is 2.29. The lowest BCUT2D eigenvalue weighted by atomic mass is 10.0. The number of rotatable bonds is 2. The van der Waals surface area contributed by atoms with Crippen LogP contribution in [0.3, 0.4) is 0 Å². The van der Waals surface area contributed by atoms with Crippen molar-refractivity contribution in [2.24, 2.45) is 4.99 Å². The molecule has 0 spiro atoms. The summed E-state index contributed by atoms with van der Waals surface area (Å²) in [5, 5.41) is 2.24.